The molecule has 1 heterocycles. The third kappa shape index (κ3) is 3.23. The number of rotatable bonds is 4. The highest BCUT2D eigenvalue weighted by Crippen LogP contribution is 2.22. The van der Waals surface area contributed by atoms with E-state index in [0.717, 1.165) is 13.0 Å². The molecule has 4 heteroatoms. The van der Waals surface area contributed by atoms with Gasteiger partial charge in [0.15, 0.2) is 5.96 Å². The molecule has 0 saturated heterocycles. The molecular weight excluding hydrogens is 206 g/mol. The lowest BCUT2D eigenvalue weighted by molar-refractivity contribution is 0.402. The van der Waals surface area contributed by atoms with Crippen molar-refractivity contribution in [2.75, 3.05) is 13.6 Å². The van der Waals surface area contributed by atoms with Crippen molar-refractivity contribution >= 4 is 17.3 Å². The van der Waals surface area contributed by atoms with Crippen LogP contribution in [0.4, 0.5) is 0 Å². The minimum absolute atomic E-state index is 0.297. The fourth-order valence-corrected chi connectivity index (χ4v) is 2.08. The molecule has 1 aromatic rings. The Balaban J connectivity index is 2.64. The molecule has 1 unspecified atom stereocenters. The average Bonchev–Trinajstić information content (AvgIpc) is 2.77. The Hall–Kier alpha value is -1.03. The van der Waals surface area contributed by atoms with Crippen LogP contribution >= 0.6 is 11.3 Å². The van der Waals surface area contributed by atoms with Gasteiger partial charge in [-0.1, -0.05) is 13.0 Å². The van der Waals surface area contributed by atoms with E-state index >= 15 is 0 Å². The molecule has 2 N–H and O–H groups in total. The normalized spacial score (nSPS) is 13.9. The van der Waals surface area contributed by atoms with Crippen LogP contribution in [0.3, 0.4) is 0 Å². The summed E-state index contributed by atoms with van der Waals surface area (Å²) in [6.45, 7) is 5.03. The molecule has 15 heavy (non-hydrogen) atoms. The standard InChI is InChI=1S/C11H19N3S/c1-4-7-13-11(12)14(3)9(2)10-6-5-8-15-10/h5-6,8-9H,4,7H2,1-3H3,(H2,12,13). The molecular formula is C11H19N3S. The summed E-state index contributed by atoms with van der Waals surface area (Å²) < 4.78 is 0. The van der Waals surface area contributed by atoms with Crippen molar-refractivity contribution in [3.63, 3.8) is 0 Å². The van der Waals surface area contributed by atoms with Crippen LogP contribution in [-0.4, -0.2) is 24.5 Å². The van der Waals surface area contributed by atoms with Gasteiger partial charge in [-0.05, 0) is 24.8 Å². The molecule has 0 amide bonds. The first-order chi connectivity index (χ1) is 7.16. The van der Waals surface area contributed by atoms with E-state index in [9.17, 15) is 0 Å². The third-order valence-electron chi connectivity index (χ3n) is 2.39. The van der Waals surface area contributed by atoms with Crippen molar-refractivity contribution < 1.29 is 0 Å². The van der Waals surface area contributed by atoms with Crippen LogP contribution < -0.4 is 5.73 Å². The highest BCUT2D eigenvalue weighted by molar-refractivity contribution is 7.10. The van der Waals surface area contributed by atoms with E-state index in [4.69, 9.17) is 5.73 Å². The monoisotopic (exact) mass is 225 g/mol. The van der Waals surface area contributed by atoms with Crippen LogP contribution in [0.15, 0.2) is 22.5 Å². The van der Waals surface area contributed by atoms with Gasteiger partial charge in [-0.3, -0.25) is 4.99 Å². The van der Waals surface area contributed by atoms with Gasteiger partial charge in [0.2, 0.25) is 0 Å². The summed E-state index contributed by atoms with van der Waals surface area (Å²) in [7, 11) is 1.98. The van der Waals surface area contributed by atoms with Gasteiger partial charge in [-0.25, -0.2) is 0 Å². The maximum absolute atomic E-state index is 5.89. The molecule has 0 aliphatic carbocycles. The summed E-state index contributed by atoms with van der Waals surface area (Å²) in [5, 5.41) is 2.08. The summed E-state index contributed by atoms with van der Waals surface area (Å²) >= 11 is 1.75. The number of nitrogens with two attached hydrogens (primary N) is 1. The molecule has 0 bridgehead atoms. The van der Waals surface area contributed by atoms with E-state index in [1.165, 1.54) is 4.88 Å². The lowest BCUT2D eigenvalue weighted by atomic mass is 10.2. The van der Waals surface area contributed by atoms with Crippen LogP contribution in [-0.2, 0) is 0 Å². The highest BCUT2D eigenvalue weighted by Gasteiger charge is 2.13. The first-order valence-corrected chi connectivity index (χ1v) is 6.11. The van der Waals surface area contributed by atoms with Gasteiger partial charge in [0.25, 0.3) is 0 Å². The van der Waals surface area contributed by atoms with Crippen molar-refractivity contribution in [1.82, 2.24) is 4.90 Å². The largest absolute Gasteiger partial charge is 0.370 e. The number of nitrogens with zero attached hydrogens (tertiary/aromatic N) is 2. The fraction of sp³-hybridized carbons (Fsp3) is 0.545. The fourth-order valence-electron chi connectivity index (χ4n) is 1.26. The second-order valence-corrected chi connectivity index (χ2v) is 4.52. The smallest absolute Gasteiger partial charge is 0.191 e. The quantitative estimate of drug-likeness (QED) is 0.632. The number of guanidine groups is 1. The molecule has 0 aliphatic rings. The lowest BCUT2D eigenvalue weighted by Gasteiger charge is -2.24. The van der Waals surface area contributed by atoms with Gasteiger partial charge in [-0.15, -0.1) is 11.3 Å². The van der Waals surface area contributed by atoms with E-state index in [1.54, 1.807) is 11.3 Å². The molecule has 1 atom stereocenters. The summed E-state index contributed by atoms with van der Waals surface area (Å²) in [5.74, 6) is 0.623. The Bertz CT molecular complexity index is 306. The van der Waals surface area contributed by atoms with Crippen molar-refractivity contribution in [2.24, 2.45) is 10.7 Å². The lowest BCUT2D eigenvalue weighted by Crippen LogP contribution is -2.35. The van der Waals surface area contributed by atoms with E-state index in [-0.39, 0.29) is 0 Å². The van der Waals surface area contributed by atoms with Crippen molar-refractivity contribution in [1.29, 1.82) is 0 Å². The second-order valence-electron chi connectivity index (χ2n) is 3.54. The maximum atomic E-state index is 5.89. The predicted molar refractivity (Wildman–Crippen MR) is 67.3 cm³/mol. The van der Waals surface area contributed by atoms with Gasteiger partial charge in [-0.2, -0.15) is 0 Å². The number of hydrogen-bond donors (Lipinski definition) is 1. The van der Waals surface area contributed by atoms with Gasteiger partial charge in [0, 0.05) is 18.5 Å². The van der Waals surface area contributed by atoms with Gasteiger partial charge < -0.3 is 10.6 Å². The SMILES string of the molecule is CCCN=C(N)N(C)C(C)c1cccs1. The Morgan fingerprint density at radius 3 is 2.93 bits per heavy atom. The molecule has 0 aromatic carbocycles. The van der Waals surface area contributed by atoms with Crippen LogP contribution in [0.1, 0.15) is 31.2 Å². The first kappa shape index (κ1) is 12.0. The Labute approximate surface area is 95.6 Å². The van der Waals surface area contributed by atoms with E-state index in [2.05, 4.69) is 36.4 Å². The average molecular weight is 225 g/mol. The van der Waals surface area contributed by atoms with Crippen LogP contribution in [0.2, 0.25) is 0 Å². The summed E-state index contributed by atoms with van der Waals surface area (Å²) in [6.07, 6.45) is 1.03. The zero-order chi connectivity index (χ0) is 11.3. The van der Waals surface area contributed by atoms with E-state index < -0.39 is 0 Å². The molecule has 0 saturated carbocycles. The Kier molecular flexibility index (Phi) is 4.62. The highest BCUT2D eigenvalue weighted by atomic mass is 32.1. The van der Waals surface area contributed by atoms with Crippen molar-refractivity contribution in [3.05, 3.63) is 22.4 Å². The van der Waals surface area contributed by atoms with Gasteiger partial charge >= 0.3 is 0 Å². The summed E-state index contributed by atoms with van der Waals surface area (Å²) in [6, 6.07) is 4.48. The second kappa shape index (κ2) is 5.75. The molecule has 84 valence electrons. The van der Waals surface area contributed by atoms with Gasteiger partial charge in [0.1, 0.15) is 0 Å². The van der Waals surface area contributed by atoms with E-state index in [1.807, 2.05) is 11.9 Å². The Morgan fingerprint density at radius 2 is 2.40 bits per heavy atom. The first-order valence-electron chi connectivity index (χ1n) is 5.23. The summed E-state index contributed by atoms with van der Waals surface area (Å²) in [4.78, 5) is 7.63. The molecule has 0 aliphatic heterocycles. The molecule has 0 radical (unpaired) electrons. The van der Waals surface area contributed by atoms with Crippen LogP contribution in [0.25, 0.3) is 0 Å². The predicted octanol–water partition coefficient (Wildman–Crippen LogP) is 2.47. The third-order valence-corrected chi connectivity index (χ3v) is 3.44. The van der Waals surface area contributed by atoms with E-state index in [0.29, 0.717) is 12.0 Å². The number of thiophene rings is 1. The molecule has 1 rings (SSSR count). The number of hydrogen-bond acceptors (Lipinski definition) is 2. The minimum atomic E-state index is 0.297. The molecule has 3 nitrogen and oxygen atoms in total. The Morgan fingerprint density at radius 1 is 1.67 bits per heavy atom. The number of aliphatic imine (C=N–C) groups is 1. The zero-order valence-corrected chi connectivity index (χ0v) is 10.4. The maximum Gasteiger partial charge on any atom is 0.191 e. The topological polar surface area (TPSA) is 41.6 Å². The molecule has 0 spiro atoms. The van der Waals surface area contributed by atoms with Crippen LogP contribution in [0.5, 0.6) is 0 Å². The van der Waals surface area contributed by atoms with Crippen molar-refractivity contribution in [3.8, 4) is 0 Å². The summed E-state index contributed by atoms with van der Waals surface area (Å²) in [5.41, 5.74) is 5.89. The zero-order valence-electron chi connectivity index (χ0n) is 9.60. The minimum Gasteiger partial charge on any atom is -0.370 e. The van der Waals surface area contributed by atoms with Gasteiger partial charge in [0.05, 0.1) is 6.04 Å². The van der Waals surface area contributed by atoms with Crippen LogP contribution in [0, 0.1) is 0 Å². The molecule has 0 fully saturated rings. The molecule has 1 aromatic heterocycles. The van der Waals surface area contributed by atoms with Crippen molar-refractivity contribution in [2.45, 2.75) is 26.3 Å².